The molecule has 0 radical (unpaired) electrons. The number of thioether (sulfide) groups is 1. The summed E-state index contributed by atoms with van der Waals surface area (Å²) in [6.07, 6.45) is 2.06. The second-order valence-corrected chi connectivity index (χ2v) is 6.42. The quantitative estimate of drug-likeness (QED) is 0.502. The normalized spacial score (nSPS) is 9.00. The Labute approximate surface area is 146 Å². The molecule has 0 aliphatic heterocycles. The van der Waals surface area contributed by atoms with Crippen LogP contribution in [0.3, 0.4) is 0 Å². The van der Waals surface area contributed by atoms with Crippen molar-refractivity contribution in [2.45, 2.75) is 25.0 Å². The second-order valence-electron chi connectivity index (χ2n) is 4.09. The molecule has 2 N–H and O–H groups in total. The van der Waals surface area contributed by atoms with Gasteiger partial charge in [-0.3, -0.25) is 4.79 Å². The van der Waals surface area contributed by atoms with Gasteiger partial charge in [0.15, 0.2) is 0 Å². The van der Waals surface area contributed by atoms with Gasteiger partial charge in [-0.2, -0.15) is 0 Å². The summed E-state index contributed by atoms with van der Waals surface area (Å²) in [4.78, 5) is 10.2. The molecule has 0 fully saturated rings. The van der Waals surface area contributed by atoms with Crippen LogP contribution in [0.1, 0.15) is 18.7 Å². The van der Waals surface area contributed by atoms with E-state index in [1.54, 1.807) is 29.2 Å². The number of methoxy groups -OCH3 is 1. The molecule has 0 aliphatic carbocycles. The van der Waals surface area contributed by atoms with E-state index in [2.05, 4.69) is 24.0 Å². The Morgan fingerprint density at radius 2 is 1.87 bits per heavy atom. The molecule has 1 aromatic heterocycles. The molecule has 0 bridgehead atoms. The van der Waals surface area contributed by atoms with E-state index in [9.17, 15) is 10.0 Å². The van der Waals surface area contributed by atoms with Gasteiger partial charge in [0.2, 0.25) is 0 Å². The molecular formula is C16H23BO4S2. The molecule has 1 aromatic carbocycles. The fourth-order valence-corrected chi connectivity index (χ4v) is 3.59. The summed E-state index contributed by atoms with van der Waals surface area (Å²) >= 11 is 3.48. The summed E-state index contributed by atoms with van der Waals surface area (Å²) in [5.41, 5.74) is 2.73. The maximum Gasteiger partial charge on any atom is 0.488 e. The molecule has 4 nitrogen and oxygen atoms in total. The standard InChI is InChI=1S/C12H13BO2S2.C2H4O2.C2H6/c1-8-6-11(12(16-2)17-8)9-4-3-5-10(7-9)13(14)15;1-4-2-3;1-2/h3-7,14-15H,1-2H3;2H,1H3;1-2H3. The van der Waals surface area contributed by atoms with Crippen molar-refractivity contribution in [2.75, 3.05) is 13.4 Å². The first-order chi connectivity index (χ1) is 11.0. The van der Waals surface area contributed by atoms with Gasteiger partial charge in [0.25, 0.3) is 6.47 Å². The number of thiophene rings is 1. The highest BCUT2D eigenvalue weighted by atomic mass is 32.2. The average Bonchev–Trinajstić information content (AvgIpc) is 2.98. The first-order valence-electron chi connectivity index (χ1n) is 7.10. The lowest BCUT2D eigenvalue weighted by Crippen LogP contribution is -2.29. The highest BCUT2D eigenvalue weighted by molar-refractivity contribution is 8.00. The van der Waals surface area contributed by atoms with Crippen molar-refractivity contribution in [1.29, 1.82) is 0 Å². The Bertz CT molecular complexity index is 585. The number of benzene rings is 1. The summed E-state index contributed by atoms with van der Waals surface area (Å²) in [6, 6.07) is 9.52. The van der Waals surface area contributed by atoms with E-state index < -0.39 is 7.12 Å². The van der Waals surface area contributed by atoms with Crippen molar-refractivity contribution in [3.8, 4) is 11.1 Å². The van der Waals surface area contributed by atoms with Gasteiger partial charge in [-0.1, -0.05) is 38.1 Å². The third kappa shape index (κ3) is 7.22. The summed E-state index contributed by atoms with van der Waals surface area (Å²) in [6.45, 7) is 6.46. The summed E-state index contributed by atoms with van der Waals surface area (Å²) in [7, 11) is -0.0973. The smallest absolute Gasteiger partial charge is 0.471 e. The molecule has 0 saturated carbocycles. The zero-order valence-corrected chi connectivity index (χ0v) is 15.7. The molecule has 2 aromatic rings. The minimum atomic E-state index is -1.41. The Morgan fingerprint density at radius 1 is 1.26 bits per heavy atom. The van der Waals surface area contributed by atoms with Gasteiger partial charge in [0.05, 0.1) is 11.3 Å². The van der Waals surface area contributed by atoms with Crippen LogP contribution in [0.15, 0.2) is 34.5 Å². The van der Waals surface area contributed by atoms with Crippen molar-refractivity contribution in [3.05, 3.63) is 35.2 Å². The van der Waals surface area contributed by atoms with Crippen LogP contribution < -0.4 is 5.46 Å². The van der Waals surface area contributed by atoms with Crippen molar-refractivity contribution in [3.63, 3.8) is 0 Å². The Balaban J connectivity index is 0.000000705. The molecular weight excluding hydrogens is 331 g/mol. The molecule has 0 atom stereocenters. The molecule has 0 aliphatic rings. The van der Waals surface area contributed by atoms with Crippen molar-refractivity contribution < 1.29 is 19.6 Å². The van der Waals surface area contributed by atoms with Crippen molar-refractivity contribution in [1.82, 2.24) is 0 Å². The van der Waals surface area contributed by atoms with Crippen LogP contribution in [0.4, 0.5) is 0 Å². The predicted molar refractivity (Wildman–Crippen MR) is 101 cm³/mol. The van der Waals surface area contributed by atoms with Gasteiger partial charge in [-0.05, 0) is 30.3 Å². The molecule has 0 saturated heterocycles. The van der Waals surface area contributed by atoms with E-state index >= 15 is 0 Å². The van der Waals surface area contributed by atoms with E-state index in [-0.39, 0.29) is 0 Å². The lowest BCUT2D eigenvalue weighted by Gasteiger charge is -2.04. The van der Waals surface area contributed by atoms with Crippen molar-refractivity contribution in [2.24, 2.45) is 0 Å². The zero-order valence-electron chi connectivity index (χ0n) is 14.1. The van der Waals surface area contributed by atoms with Gasteiger partial charge < -0.3 is 14.8 Å². The van der Waals surface area contributed by atoms with Crippen molar-refractivity contribution >= 4 is 42.2 Å². The highest BCUT2D eigenvalue weighted by Gasteiger charge is 2.13. The molecule has 0 unspecified atom stereocenters. The van der Waals surface area contributed by atoms with Crippen LogP contribution in [0.5, 0.6) is 0 Å². The Hall–Kier alpha value is -1.28. The fourth-order valence-electron chi connectivity index (χ4n) is 1.71. The average molecular weight is 354 g/mol. The first-order valence-corrected chi connectivity index (χ1v) is 9.15. The summed E-state index contributed by atoms with van der Waals surface area (Å²) < 4.78 is 5.12. The second kappa shape index (κ2) is 12.2. The number of aryl methyl sites for hydroxylation is 1. The van der Waals surface area contributed by atoms with E-state index in [0.29, 0.717) is 11.9 Å². The van der Waals surface area contributed by atoms with Crippen LogP contribution in [0.25, 0.3) is 11.1 Å². The van der Waals surface area contributed by atoms with Crippen LogP contribution in [0.2, 0.25) is 0 Å². The SMILES string of the molecule is CC.COC=O.CSc1sc(C)cc1-c1cccc(B(O)O)c1. The summed E-state index contributed by atoms with van der Waals surface area (Å²) in [5.74, 6) is 0. The number of rotatable bonds is 4. The third-order valence-corrected chi connectivity index (χ3v) is 4.78. The highest BCUT2D eigenvalue weighted by Crippen LogP contribution is 2.37. The van der Waals surface area contributed by atoms with Gasteiger partial charge >= 0.3 is 7.12 Å². The fraction of sp³-hybridized carbons (Fsp3) is 0.312. The van der Waals surface area contributed by atoms with Crippen LogP contribution in [0, 0.1) is 6.92 Å². The number of hydrogen-bond donors (Lipinski definition) is 2. The summed E-state index contributed by atoms with van der Waals surface area (Å²) in [5, 5.41) is 18.4. The lowest BCUT2D eigenvalue weighted by atomic mass is 9.79. The first kappa shape index (κ1) is 21.7. The number of hydrogen-bond acceptors (Lipinski definition) is 6. The zero-order chi connectivity index (χ0) is 17.8. The van der Waals surface area contributed by atoms with E-state index in [0.717, 1.165) is 5.56 Å². The molecule has 2 rings (SSSR count). The number of carbonyl (C=O) groups excluding carboxylic acids is 1. The Kier molecular flexibility index (Phi) is 11.5. The van der Waals surface area contributed by atoms with Gasteiger partial charge in [-0.15, -0.1) is 23.1 Å². The molecule has 7 heteroatoms. The van der Waals surface area contributed by atoms with Gasteiger partial charge in [0.1, 0.15) is 0 Å². The molecule has 1 heterocycles. The molecule has 0 amide bonds. The van der Waals surface area contributed by atoms with Crippen LogP contribution in [-0.2, 0) is 9.53 Å². The minimum absolute atomic E-state index is 0.375. The monoisotopic (exact) mass is 354 g/mol. The van der Waals surface area contributed by atoms with Gasteiger partial charge in [-0.25, -0.2) is 0 Å². The Morgan fingerprint density at radius 3 is 2.35 bits per heavy atom. The molecule has 126 valence electrons. The van der Waals surface area contributed by atoms with Crippen LogP contribution in [-0.4, -0.2) is 37.0 Å². The number of ether oxygens (including phenoxy) is 1. The topological polar surface area (TPSA) is 66.8 Å². The predicted octanol–water partition coefficient (Wildman–Crippen LogP) is 2.94. The maximum atomic E-state index is 9.18. The van der Waals surface area contributed by atoms with E-state index in [1.165, 1.54) is 21.8 Å². The third-order valence-electron chi connectivity index (χ3n) is 2.60. The maximum absolute atomic E-state index is 9.18. The van der Waals surface area contributed by atoms with Crippen LogP contribution >= 0.6 is 23.1 Å². The van der Waals surface area contributed by atoms with E-state index in [4.69, 9.17) is 4.79 Å². The molecule has 23 heavy (non-hydrogen) atoms. The lowest BCUT2D eigenvalue weighted by molar-refractivity contribution is -0.126. The minimum Gasteiger partial charge on any atom is -0.471 e. The largest absolute Gasteiger partial charge is 0.488 e. The van der Waals surface area contributed by atoms with E-state index in [1.807, 2.05) is 32.0 Å². The van der Waals surface area contributed by atoms with Gasteiger partial charge in [0, 0.05) is 10.4 Å². The molecule has 0 spiro atoms. The number of carbonyl (C=O) groups is 1.